The van der Waals surface area contributed by atoms with Crippen molar-refractivity contribution >= 4 is 21.1 Å². The Morgan fingerprint density at radius 1 is 1.29 bits per heavy atom. The Morgan fingerprint density at radius 3 is 2.77 bits per heavy atom. The van der Waals surface area contributed by atoms with E-state index in [9.17, 15) is 13.7 Å². The Hall–Kier alpha value is -2.81. The van der Waals surface area contributed by atoms with Gasteiger partial charge in [-0.15, -0.1) is 0 Å². The summed E-state index contributed by atoms with van der Waals surface area (Å²) in [5.74, 6) is 0. The fraction of sp³-hybridized carbons (Fsp3) is 0.500. The number of rotatable bonds is 5. The standard InChI is InChI=1S/C20H24N8O2S/c1-31(29,30)27-8-3-16(4-9-27)26-12-20(13-26,5-6-21)28-11-15(10-25-28)18-17-2-7-22-19(17)24-14-23-18/h2,7,10-11,14,16H,3-5,8-9,12-13H2,1H3,(H,22,23,24). The maximum absolute atomic E-state index is 11.8. The lowest BCUT2D eigenvalue weighted by atomic mass is 9.84. The van der Waals surface area contributed by atoms with Gasteiger partial charge in [-0.05, 0) is 18.9 Å². The van der Waals surface area contributed by atoms with Crippen LogP contribution in [0.3, 0.4) is 0 Å². The third-order valence-corrected chi connectivity index (χ3v) is 7.81. The van der Waals surface area contributed by atoms with Crippen molar-refractivity contribution < 1.29 is 8.42 Å². The first-order chi connectivity index (χ1) is 14.9. The zero-order valence-corrected chi connectivity index (χ0v) is 18.1. The third kappa shape index (κ3) is 3.50. The summed E-state index contributed by atoms with van der Waals surface area (Å²) < 4.78 is 27.0. The van der Waals surface area contributed by atoms with Gasteiger partial charge in [-0.1, -0.05) is 0 Å². The van der Waals surface area contributed by atoms with Gasteiger partial charge in [-0.3, -0.25) is 9.58 Å². The van der Waals surface area contributed by atoms with E-state index in [2.05, 4.69) is 31.0 Å². The summed E-state index contributed by atoms with van der Waals surface area (Å²) in [6, 6.07) is 4.61. The first-order valence-corrected chi connectivity index (χ1v) is 12.1. The normalized spacial score (nSPS) is 20.5. The lowest BCUT2D eigenvalue weighted by Gasteiger charge is -2.53. The number of aromatic amines is 1. The summed E-state index contributed by atoms with van der Waals surface area (Å²) in [4.78, 5) is 14.1. The van der Waals surface area contributed by atoms with Crippen LogP contribution in [0.1, 0.15) is 19.3 Å². The molecule has 2 aliphatic rings. The number of hydrogen-bond acceptors (Lipinski definition) is 7. The Labute approximate surface area is 180 Å². The van der Waals surface area contributed by atoms with E-state index in [4.69, 9.17) is 0 Å². The number of hydrogen-bond donors (Lipinski definition) is 1. The molecule has 5 heterocycles. The number of likely N-dealkylation sites (tertiary alicyclic amines) is 1. The molecule has 3 aromatic rings. The topological polar surface area (TPSA) is 124 Å². The van der Waals surface area contributed by atoms with Crippen molar-refractivity contribution in [2.75, 3.05) is 32.4 Å². The predicted molar refractivity (Wildman–Crippen MR) is 114 cm³/mol. The Bertz CT molecular complexity index is 1240. The van der Waals surface area contributed by atoms with Gasteiger partial charge in [-0.2, -0.15) is 10.4 Å². The van der Waals surface area contributed by atoms with E-state index in [0.717, 1.165) is 48.2 Å². The van der Waals surface area contributed by atoms with Crippen molar-refractivity contribution in [3.8, 4) is 17.3 Å². The quantitative estimate of drug-likeness (QED) is 0.631. The lowest BCUT2D eigenvalue weighted by molar-refractivity contribution is -0.0382. The molecule has 11 heteroatoms. The number of nitrogens with one attached hydrogen (secondary N) is 1. The summed E-state index contributed by atoms with van der Waals surface area (Å²) in [6.07, 6.45) is 10.4. The highest BCUT2D eigenvalue weighted by Gasteiger charge is 2.48. The van der Waals surface area contributed by atoms with E-state index in [0.29, 0.717) is 25.6 Å². The van der Waals surface area contributed by atoms with Crippen LogP contribution >= 0.6 is 0 Å². The van der Waals surface area contributed by atoms with Gasteiger partial charge < -0.3 is 4.98 Å². The summed E-state index contributed by atoms with van der Waals surface area (Å²) in [5.41, 5.74) is 2.11. The number of H-pyrrole nitrogens is 1. The molecular weight excluding hydrogens is 416 g/mol. The predicted octanol–water partition coefficient (Wildman–Crippen LogP) is 1.17. The maximum Gasteiger partial charge on any atom is 0.211 e. The summed E-state index contributed by atoms with van der Waals surface area (Å²) in [6.45, 7) is 2.57. The molecule has 0 spiro atoms. The molecule has 5 rings (SSSR count). The molecule has 2 saturated heterocycles. The molecule has 2 fully saturated rings. The average Bonchev–Trinajstić information content (AvgIpc) is 3.39. The second-order valence-electron chi connectivity index (χ2n) is 8.49. The second kappa shape index (κ2) is 7.40. The van der Waals surface area contributed by atoms with Gasteiger partial charge in [0.25, 0.3) is 0 Å². The van der Waals surface area contributed by atoms with Gasteiger partial charge in [0.05, 0.1) is 30.6 Å². The molecule has 31 heavy (non-hydrogen) atoms. The van der Waals surface area contributed by atoms with E-state index in [1.54, 1.807) is 10.5 Å². The van der Waals surface area contributed by atoms with Crippen LogP contribution in [0.2, 0.25) is 0 Å². The van der Waals surface area contributed by atoms with E-state index in [-0.39, 0.29) is 5.54 Å². The zero-order chi connectivity index (χ0) is 21.6. The van der Waals surface area contributed by atoms with Crippen molar-refractivity contribution in [2.45, 2.75) is 30.8 Å². The minimum atomic E-state index is -3.13. The lowest BCUT2D eigenvalue weighted by Crippen LogP contribution is -2.66. The fourth-order valence-corrected chi connectivity index (χ4v) is 5.67. The van der Waals surface area contributed by atoms with Crippen LogP contribution in [-0.2, 0) is 15.6 Å². The molecule has 0 atom stereocenters. The van der Waals surface area contributed by atoms with Gasteiger partial charge in [0.1, 0.15) is 17.5 Å². The number of nitrogens with zero attached hydrogens (tertiary/aromatic N) is 7. The van der Waals surface area contributed by atoms with Crippen molar-refractivity contribution in [3.63, 3.8) is 0 Å². The first kappa shape index (κ1) is 20.1. The summed E-state index contributed by atoms with van der Waals surface area (Å²) >= 11 is 0. The molecule has 0 aromatic carbocycles. The number of sulfonamides is 1. The van der Waals surface area contributed by atoms with Crippen LogP contribution in [-0.4, -0.2) is 80.8 Å². The molecule has 0 bridgehead atoms. The second-order valence-corrected chi connectivity index (χ2v) is 10.5. The molecular formula is C20H24N8O2S. The van der Waals surface area contributed by atoms with Crippen molar-refractivity contribution in [1.82, 2.24) is 33.9 Å². The molecule has 0 saturated carbocycles. The minimum Gasteiger partial charge on any atom is -0.346 e. The van der Waals surface area contributed by atoms with Crippen molar-refractivity contribution in [3.05, 3.63) is 31.0 Å². The van der Waals surface area contributed by atoms with Gasteiger partial charge in [0.2, 0.25) is 10.0 Å². The van der Waals surface area contributed by atoms with Crippen LogP contribution in [0.25, 0.3) is 22.3 Å². The summed E-state index contributed by atoms with van der Waals surface area (Å²) in [7, 11) is -3.13. The molecule has 0 amide bonds. The maximum atomic E-state index is 11.8. The smallest absolute Gasteiger partial charge is 0.211 e. The monoisotopic (exact) mass is 440 g/mol. The van der Waals surface area contributed by atoms with Crippen LogP contribution in [0, 0.1) is 11.3 Å². The van der Waals surface area contributed by atoms with Gasteiger partial charge in [0.15, 0.2) is 0 Å². The molecule has 0 aliphatic carbocycles. The molecule has 0 unspecified atom stereocenters. The highest BCUT2D eigenvalue weighted by atomic mass is 32.2. The van der Waals surface area contributed by atoms with Gasteiger partial charge in [-0.25, -0.2) is 22.7 Å². The molecule has 2 aliphatic heterocycles. The number of piperidine rings is 1. The third-order valence-electron chi connectivity index (χ3n) is 6.51. The van der Waals surface area contributed by atoms with Gasteiger partial charge in [0, 0.05) is 55.6 Å². The Kier molecular flexibility index (Phi) is 4.80. The molecule has 0 radical (unpaired) electrons. The van der Waals surface area contributed by atoms with Crippen LogP contribution < -0.4 is 0 Å². The number of fused-ring (bicyclic) bond motifs is 1. The highest BCUT2D eigenvalue weighted by Crippen LogP contribution is 2.37. The molecule has 162 valence electrons. The number of aromatic nitrogens is 5. The van der Waals surface area contributed by atoms with Crippen LogP contribution in [0.4, 0.5) is 0 Å². The van der Waals surface area contributed by atoms with Crippen molar-refractivity contribution in [2.24, 2.45) is 0 Å². The van der Waals surface area contributed by atoms with E-state index < -0.39 is 10.0 Å². The fourth-order valence-electron chi connectivity index (χ4n) is 4.80. The molecule has 3 aromatic heterocycles. The van der Waals surface area contributed by atoms with Crippen LogP contribution in [0.5, 0.6) is 0 Å². The van der Waals surface area contributed by atoms with E-state index >= 15 is 0 Å². The largest absolute Gasteiger partial charge is 0.346 e. The number of nitriles is 1. The Balaban J connectivity index is 1.33. The summed E-state index contributed by atoms with van der Waals surface area (Å²) in [5, 5.41) is 15.0. The first-order valence-electron chi connectivity index (χ1n) is 10.3. The van der Waals surface area contributed by atoms with E-state index in [1.807, 2.05) is 23.1 Å². The Morgan fingerprint density at radius 2 is 2.06 bits per heavy atom. The minimum absolute atomic E-state index is 0.334. The molecule has 1 N–H and O–H groups in total. The van der Waals surface area contributed by atoms with Crippen LogP contribution in [0.15, 0.2) is 31.0 Å². The highest BCUT2D eigenvalue weighted by molar-refractivity contribution is 7.88. The van der Waals surface area contributed by atoms with Crippen molar-refractivity contribution in [1.29, 1.82) is 5.26 Å². The van der Waals surface area contributed by atoms with E-state index in [1.165, 1.54) is 12.6 Å². The van der Waals surface area contributed by atoms with Gasteiger partial charge >= 0.3 is 0 Å². The zero-order valence-electron chi connectivity index (χ0n) is 17.3. The average molecular weight is 441 g/mol. The SMILES string of the molecule is CS(=O)(=O)N1CCC(N2CC(CC#N)(n3cc(-c4ncnc5[nH]ccc45)cn3)C2)CC1. The molecule has 10 nitrogen and oxygen atoms in total.